The number of nitrogen functional groups attached to an aromatic ring is 1. The largest absolute Gasteiger partial charge is 0.493 e. The van der Waals surface area contributed by atoms with Gasteiger partial charge in [-0.3, -0.25) is 4.79 Å². The fraction of sp³-hybridized carbons (Fsp3) is 0.333. The fourth-order valence-corrected chi connectivity index (χ4v) is 4.73. The number of alkyl halides is 3. The van der Waals surface area contributed by atoms with Gasteiger partial charge in [-0.15, -0.1) is 0 Å². The number of hydrogen-bond acceptors (Lipinski definition) is 5. The van der Waals surface area contributed by atoms with Crippen LogP contribution in [-0.4, -0.2) is 40.6 Å². The smallest absolute Gasteiger partial charge is 0.419 e. The number of anilines is 1. The van der Waals surface area contributed by atoms with Crippen LogP contribution in [0.2, 0.25) is 0 Å². The van der Waals surface area contributed by atoms with E-state index in [0.717, 1.165) is 5.56 Å². The Hall–Kier alpha value is -3.53. The third kappa shape index (κ3) is 3.49. The first-order valence-electron chi connectivity index (χ1n) is 10.8. The molecule has 3 N–H and O–H groups in total. The van der Waals surface area contributed by atoms with Crippen molar-refractivity contribution in [1.29, 1.82) is 0 Å². The van der Waals surface area contributed by atoms with E-state index in [9.17, 15) is 18.0 Å². The van der Waals surface area contributed by atoms with E-state index in [-0.39, 0.29) is 17.8 Å². The number of carbonyl (C=O) groups excluding carboxylic acids is 1. The van der Waals surface area contributed by atoms with Crippen molar-refractivity contribution in [3.8, 4) is 11.4 Å². The number of hydrogen-bond donors (Lipinski definition) is 2. The molecule has 2 atom stereocenters. The van der Waals surface area contributed by atoms with Crippen LogP contribution in [0.25, 0.3) is 5.69 Å². The molecule has 1 unspecified atom stereocenters. The van der Waals surface area contributed by atoms with Crippen molar-refractivity contribution in [3.63, 3.8) is 0 Å². The molecule has 3 aromatic rings. The van der Waals surface area contributed by atoms with Gasteiger partial charge in [0.1, 0.15) is 17.1 Å². The summed E-state index contributed by atoms with van der Waals surface area (Å²) in [6, 6.07) is 14.3. The van der Waals surface area contributed by atoms with Crippen LogP contribution in [0.4, 0.5) is 19.0 Å². The lowest BCUT2D eigenvalue weighted by Gasteiger charge is -2.55. The average molecular weight is 472 g/mol. The van der Waals surface area contributed by atoms with Crippen LogP contribution in [0.5, 0.6) is 5.75 Å². The van der Waals surface area contributed by atoms with Gasteiger partial charge in [-0.25, -0.2) is 4.68 Å². The van der Waals surface area contributed by atoms with Gasteiger partial charge in [-0.2, -0.15) is 18.3 Å². The lowest BCUT2D eigenvalue weighted by Crippen LogP contribution is -2.68. The van der Waals surface area contributed by atoms with Gasteiger partial charge in [0, 0.05) is 18.4 Å². The molecule has 5 rings (SSSR count). The Morgan fingerprint density at radius 2 is 1.94 bits per heavy atom. The first kappa shape index (κ1) is 22.3. The van der Waals surface area contributed by atoms with Gasteiger partial charge in [0.25, 0.3) is 5.91 Å². The summed E-state index contributed by atoms with van der Waals surface area (Å²) < 4.78 is 54.9. The standard InChI is InChI=1S/C24H23F3N4O3/c1-22(18-9-5-6-15-10-11-33-19(15)18)13-23(34-22,24(25,26)27)14-29-21(32)17-12-30-31(20(17)28)16-7-3-2-4-8-16/h2-9,12H,10-11,13-14,28H2,1H3,(H,29,32)/t22?,23-/m1/s1. The molecule has 0 bridgehead atoms. The van der Waals surface area contributed by atoms with Crippen molar-refractivity contribution < 1.29 is 27.4 Å². The van der Waals surface area contributed by atoms with Gasteiger partial charge >= 0.3 is 6.18 Å². The number of fused-ring (bicyclic) bond motifs is 1. The number of rotatable bonds is 5. The summed E-state index contributed by atoms with van der Waals surface area (Å²) in [4.78, 5) is 12.7. The van der Waals surface area contributed by atoms with Gasteiger partial charge in [0.2, 0.25) is 0 Å². The molecule has 0 saturated carbocycles. The molecule has 2 aliphatic rings. The Kier molecular flexibility index (Phi) is 5.09. The number of aromatic nitrogens is 2. The minimum atomic E-state index is -4.70. The van der Waals surface area contributed by atoms with Gasteiger partial charge in [0.05, 0.1) is 30.6 Å². The normalized spacial score (nSPS) is 23.6. The number of carbonyl (C=O) groups is 1. The Labute approximate surface area is 193 Å². The Morgan fingerprint density at radius 3 is 2.65 bits per heavy atom. The SMILES string of the molecule is CC1(c2cccc3c2OCC3)C[C@@](CNC(=O)c2cnn(-c3ccccc3)c2N)(C(F)(F)F)O1. The van der Waals surface area contributed by atoms with Crippen LogP contribution in [0, 0.1) is 0 Å². The molecular weight excluding hydrogens is 449 g/mol. The summed E-state index contributed by atoms with van der Waals surface area (Å²) in [5.41, 5.74) is 4.48. The van der Waals surface area contributed by atoms with Gasteiger partial charge in [-0.1, -0.05) is 36.4 Å². The first-order valence-corrected chi connectivity index (χ1v) is 10.8. The molecule has 3 heterocycles. The average Bonchev–Trinajstić information content (AvgIpc) is 3.42. The molecule has 1 amide bonds. The molecule has 178 valence electrons. The zero-order valence-electron chi connectivity index (χ0n) is 18.4. The van der Waals surface area contributed by atoms with Crippen LogP contribution < -0.4 is 15.8 Å². The number of ether oxygens (including phenoxy) is 2. The number of benzene rings is 2. The van der Waals surface area contributed by atoms with Crippen LogP contribution in [0.15, 0.2) is 54.7 Å². The Bertz CT molecular complexity index is 1230. The van der Waals surface area contributed by atoms with Crippen molar-refractivity contribution in [2.24, 2.45) is 0 Å². The molecule has 2 aromatic carbocycles. The second kappa shape index (κ2) is 7.76. The fourth-order valence-electron chi connectivity index (χ4n) is 4.73. The molecule has 2 aliphatic heterocycles. The molecule has 1 saturated heterocycles. The van der Waals surface area contributed by atoms with Crippen molar-refractivity contribution >= 4 is 11.7 Å². The maximum atomic E-state index is 14.1. The Morgan fingerprint density at radius 1 is 1.21 bits per heavy atom. The van der Waals surface area contributed by atoms with E-state index >= 15 is 0 Å². The summed E-state index contributed by atoms with van der Waals surface area (Å²) in [7, 11) is 0. The summed E-state index contributed by atoms with van der Waals surface area (Å²) in [6.07, 6.45) is -3.12. The van der Waals surface area contributed by atoms with Crippen LogP contribution in [-0.2, 0) is 16.8 Å². The number of para-hydroxylation sites is 2. The summed E-state index contributed by atoms with van der Waals surface area (Å²) in [5, 5.41) is 6.44. The molecule has 0 radical (unpaired) electrons. The second-order valence-corrected chi connectivity index (χ2v) is 8.77. The number of halogens is 3. The topological polar surface area (TPSA) is 91.4 Å². The van der Waals surface area contributed by atoms with E-state index < -0.39 is 29.8 Å². The number of nitrogens with zero attached hydrogens (tertiary/aromatic N) is 2. The lowest BCUT2D eigenvalue weighted by molar-refractivity contribution is -0.382. The number of amides is 1. The third-order valence-electron chi connectivity index (χ3n) is 6.43. The van der Waals surface area contributed by atoms with E-state index in [1.54, 1.807) is 43.3 Å². The zero-order chi connectivity index (χ0) is 24.1. The van der Waals surface area contributed by atoms with Crippen molar-refractivity contribution in [3.05, 3.63) is 71.4 Å². The summed E-state index contributed by atoms with van der Waals surface area (Å²) in [6.45, 7) is 1.34. The number of nitrogens with one attached hydrogen (secondary N) is 1. The van der Waals surface area contributed by atoms with E-state index in [2.05, 4.69) is 10.4 Å². The second-order valence-electron chi connectivity index (χ2n) is 8.77. The van der Waals surface area contributed by atoms with E-state index in [4.69, 9.17) is 15.2 Å². The van der Waals surface area contributed by atoms with Crippen molar-refractivity contribution in [1.82, 2.24) is 15.1 Å². The molecular formula is C24H23F3N4O3. The molecule has 34 heavy (non-hydrogen) atoms. The van der Waals surface area contributed by atoms with Crippen LogP contribution >= 0.6 is 0 Å². The van der Waals surface area contributed by atoms with Gasteiger partial charge < -0.3 is 20.5 Å². The highest BCUT2D eigenvalue weighted by molar-refractivity contribution is 5.98. The maximum absolute atomic E-state index is 14.1. The minimum Gasteiger partial charge on any atom is -0.493 e. The van der Waals surface area contributed by atoms with Gasteiger partial charge in [0.15, 0.2) is 5.60 Å². The van der Waals surface area contributed by atoms with Crippen molar-refractivity contribution in [2.45, 2.75) is 37.1 Å². The highest BCUT2D eigenvalue weighted by Crippen LogP contribution is 2.57. The molecule has 10 heteroatoms. The zero-order valence-corrected chi connectivity index (χ0v) is 18.4. The minimum absolute atomic E-state index is 0.0162. The van der Waals surface area contributed by atoms with E-state index in [1.807, 2.05) is 12.1 Å². The van der Waals surface area contributed by atoms with Crippen LogP contribution in [0.3, 0.4) is 0 Å². The molecule has 7 nitrogen and oxygen atoms in total. The van der Waals surface area contributed by atoms with Gasteiger partial charge in [-0.05, 0) is 24.6 Å². The lowest BCUT2D eigenvalue weighted by atomic mass is 9.74. The quantitative estimate of drug-likeness (QED) is 0.590. The van der Waals surface area contributed by atoms with E-state index in [1.165, 1.54) is 10.9 Å². The molecule has 0 spiro atoms. The molecule has 1 fully saturated rings. The first-order chi connectivity index (χ1) is 16.1. The summed E-state index contributed by atoms with van der Waals surface area (Å²) >= 11 is 0. The highest BCUT2D eigenvalue weighted by atomic mass is 19.4. The number of nitrogens with two attached hydrogens (primary N) is 1. The third-order valence-corrected chi connectivity index (χ3v) is 6.43. The highest BCUT2D eigenvalue weighted by Gasteiger charge is 2.68. The Balaban J connectivity index is 1.34. The molecule has 1 aromatic heterocycles. The predicted octanol–water partition coefficient (Wildman–Crippen LogP) is 3.76. The monoisotopic (exact) mass is 472 g/mol. The van der Waals surface area contributed by atoms with Crippen molar-refractivity contribution in [2.75, 3.05) is 18.9 Å². The molecule has 0 aliphatic carbocycles. The predicted molar refractivity (Wildman–Crippen MR) is 118 cm³/mol. The summed E-state index contributed by atoms with van der Waals surface area (Å²) in [5.74, 6) is -0.142. The maximum Gasteiger partial charge on any atom is 0.419 e. The van der Waals surface area contributed by atoms with Crippen LogP contribution in [0.1, 0.15) is 34.8 Å². The van der Waals surface area contributed by atoms with E-state index in [0.29, 0.717) is 30.0 Å².